The van der Waals surface area contributed by atoms with E-state index >= 15 is 0 Å². The maximum atomic E-state index is 13.1. The first-order valence-electron chi connectivity index (χ1n) is 12.6. The molecule has 1 heterocycles. The SMILES string of the molecule is CCOc1ccc(S(=O)(=O)NCCC(=O)Nc2cc(S(=O)(=O)N(CC)CC)ccc2N2CCOCC2)cc1. The number of morpholine rings is 1. The van der Waals surface area contributed by atoms with Crippen LogP contribution in [0.5, 0.6) is 5.75 Å². The Labute approximate surface area is 225 Å². The van der Waals surface area contributed by atoms with Crippen LogP contribution < -0.4 is 19.7 Å². The summed E-state index contributed by atoms with van der Waals surface area (Å²) in [6.45, 7) is 8.55. The van der Waals surface area contributed by atoms with Crippen LogP contribution in [0.25, 0.3) is 0 Å². The van der Waals surface area contributed by atoms with E-state index in [4.69, 9.17) is 9.47 Å². The Morgan fingerprint density at radius 1 is 0.974 bits per heavy atom. The first-order valence-corrected chi connectivity index (χ1v) is 15.5. The van der Waals surface area contributed by atoms with E-state index in [-0.39, 0.29) is 22.8 Å². The standard InChI is InChI=1S/C25H36N4O7S2/c1-4-29(5-2)38(33,34)22-11-12-24(28-15-17-35-18-16-28)23(19-22)27-25(30)13-14-26-37(31,32)21-9-7-20(8-10-21)36-6-3/h7-12,19,26H,4-6,13-18H2,1-3H3,(H,27,30). The Hall–Kier alpha value is -2.71. The Bertz CT molecular complexity index is 1290. The van der Waals surface area contributed by atoms with Crippen molar-refractivity contribution < 1.29 is 31.1 Å². The smallest absolute Gasteiger partial charge is 0.243 e. The largest absolute Gasteiger partial charge is 0.494 e. The average Bonchev–Trinajstić information content (AvgIpc) is 2.90. The molecule has 210 valence electrons. The number of ether oxygens (including phenoxy) is 2. The molecule has 0 saturated carbocycles. The zero-order valence-electron chi connectivity index (χ0n) is 22.0. The Morgan fingerprint density at radius 2 is 1.61 bits per heavy atom. The minimum Gasteiger partial charge on any atom is -0.494 e. The van der Waals surface area contributed by atoms with E-state index in [2.05, 4.69) is 10.0 Å². The number of carbonyl (C=O) groups is 1. The number of anilines is 2. The molecular weight excluding hydrogens is 532 g/mol. The number of nitrogens with zero attached hydrogens (tertiary/aromatic N) is 2. The highest BCUT2D eigenvalue weighted by Gasteiger charge is 2.25. The summed E-state index contributed by atoms with van der Waals surface area (Å²) in [5.74, 6) is 0.110. The summed E-state index contributed by atoms with van der Waals surface area (Å²) in [6, 6.07) is 10.7. The van der Waals surface area contributed by atoms with Crippen LogP contribution in [0, 0.1) is 0 Å². The van der Waals surface area contributed by atoms with Gasteiger partial charge in [-0.1, -0.05) is 13.8 Å². The lowest BCUT2D eigenvalue weighted by Gasteiger charge is -2.31. The molecule has 2 aromatic rings. The van der Waals surface area contributed by atoms with Gasteiger partial charge < -0.3 is 19.7 Å². The van der Waals surface area contributed by atoms with Crippen molar-refractivity contribution in [2.45, 2.75) is 37.0 Å². The zero-order chi connectivity index (χ0) is 27.8. The van der Waals surface area contributed by atoms with E-state index < -0.39 is 26.0 Å². The molecule has 0 spiro atoms. The van der Waals surface area contributed by atoms with Gasteiger partial charge in [0.25, 0.3) is 0 Å². The van der Waals surface area contributed by atoms with Crippen molar-refractivity contribution in [2.75, 3.05) is 62.8 Å². The summed E-state index contributed by atoms with van der Waals surface area (Å²) in [5, 5.41) is 2.79. The normalized spacial score (nSPS) is 14.5. The number of sulfonamides is 2. The van der Waals surface area contributed by atoms with E-state index in [1.165, 1.54) is 22.5 Å². The second-order valence-electron chi connectivity index (χ2n) is 8.47. The van der Waals surface area contributed by atoms with Gasteiger partial charge in [-0.2, -0.15) is 4.31 Å². The molecule has 0 bridgehead atoms. The molecule has 1 aliphatic rings. The first kappa shape index (κ1) is 29.8. The van der Waals surface area contributed by atoms with Crippen molar-refractivity contribution in [3.05, 3.63) is 42.5 Å². The molecule has 0 aromatic heterocycles. The number of carbonyl (C=O) groups excluding carboxylic acids is 1. The van der Waals surface area contributed by atoms with Crippen molar-refractivity contribution in [1.29, 1.82) is 0 Å². The highest BCUT2D eigenvalue weighted by molar-refractivity contribution is 7.89. The van der Waals surface area contributed by atoms with E-state index in [0.29, 0.717) is 63.1 Å². The quantitative estimate of drug-likeness (QED) is 0.376. The summed E-state index contributed by atoms with van der Waals surface area (Å²) < 4.78 is 65.9. The van der Waals surface area contributed by atoms with Crippen LogP contribution in [-0.2, 0) is 29.6 Å². The lowest BCUT2D eigenvalue weighted by molar-refractivity contribution is -0.116. The Morgan fingerprint density at radius 3 is 2.21 bits per heavy atom. The van der Waals surface area contributed by atoms with Crippen LogP contribution in [0.2, 0.25) is 0 Å². The fraction of sp³-hybridized carbons (Fsp3) is 0.480. The molecule has 2 aromatic carbocycles. The second-order valence-corrected chi connectivity index (χ2v) is 12.2. The van der Waals surface area contributed by atoms with Gasteiger partial charge in [-0.15, -0.1) is 0 Å². The van der Waals surface area contributed by atoms with Crippen molar-refractivity contribution in [3.63, 3.8) is 0 Å². The van der Waals surface area contributed by atoms with Gasteiger partial charge in [0.2, 0.25) is 26.0 Å². The van der Waals surface area contributed by atoms with E-state index in [9.17, 15) is 21.6 Å². The lowest BCUT2D eigenvalue weighted by atomic mass is 10.2. The minimum absolute atomic E-state index is 0.0604. The predicted octanol–water partition coefficient (Wildman–Crippen LogP) is 2.26. The molecule has 0 radical (unpaired) electrons. The third-order valence-electron chi connectivity index (χ3n) is 6.03. The highest BCUT2D eigenvalue weighted by Crippen LogP contribution is 2.31. The van der Waals surface area contributed by atoms with Gasteiger partial charge in [0.1, 0.15) is 5.75 Å². The summed E-state index contributed by atoms with van der Waals surface area (Å²) in [6.07, 6.45) is -0.147. The lowest BCUT2D eigenvalue weighted by Crippen LogP contribution is -2.37. The number of nitrogens with one attached hydrogen (secondary N) is 2. The van der Waals surface area contributed by atoms with Crippen molar-refractivity contribution >= 4 is 37.3 Å². The molecule has 13 heteroatoms. The molecule has 1 fully saturated rings. The molecule has 0 unspecified atom stereocenters. The van der Waals surface area contributed by atoms with Crippen LogP contribution in [-0.4, -0.2) is 79.6 Å². The third kappa shape index (κ3) is 7.44. The number of rotatable bonds is 13. The molecule has 1 amide bonds. The molecule has 1 saturated heterocycles. The van der Waals surface area contributed by atoms with Crippen LogP contribution >= 0.6 is 0 Å². The van der Waals surface area contributed by atoms with Gasteiger partial charge in [-0.3, -0.25) is 4.79 Å². The van der Waals surface area contributed by atoms with E-state index in [1.54, 1.807) is 38.1 Å². The Balaban J connectivity index is 1.73. The van der Waals surface area contributed by atoms with Crippen molar-refractivity contribution in [3.8, 4) is 5.75 Å². The topological polar surface area (TPSA) is 134 Å². The third-order valence-corrected chi connectivity index (χ3v) is 9.55. The molecule has 0 atom stereocenters. The van der Waals surface area contributed by atoms with Gasteiger partial charge >= 0.3 is 0 Å². The minimum atomic E-state index is -3.82. The average molecular weight is 569 g/mol. The van der Waals surface area contributed by atoms with E-state index in [0.717, 1.165) is 0 Å². The molecule has 38 heavy (non-hydrogen) atoms. The van der Waals surface area contributed by atoms with Crippen LogP contribution in [0.4, 0.5) is 11.4 Å². The number of hydrogen-bond donors (Lipinski definition) is 2. The fourth-order valence-electron chi connectivity index (χ4n) is 4.04. The summed E-state index contributed by atoms with van der Waals surface area (Å²) in [4.78, 5) is 15.0. The predicted molar refractivity (Wildman–Crippen MR) is 146 cm³/mol. The maximum absolute atomic E-state index is 13.1. The van der Waals surface area contributed by atoms with Crippen molar-refractivity contribution in [2.24, 2.45) is 0 Å². The maximum Gasteiger partial charge on any atom is 0.243 e. The second kappa shape index (κ2) is 13.4. The molecule has 2 N–H and O–H groups in total. The zero-order valence-corrected chi connectivity index (χ0v) is 23.6. The Kier molecular flexibility index (Phi) is 10.5. The molecule has 3 rings (SSSR count). The van der Waals surface area contributed by atoms with Gasteiger partial charge in [-0.25, -0.2) is 21.6 Å². The highest BCUT2D eigenvalue weighted by atomic mass is 32.2. The van der Waals surface area contributed by atoms with Gasteiger partial charge in [-0.05, 0) is 49.4 Å². The summed E-state index contributed by atoms with van der Waals surface area (Å²) >= 11 is 0. The summed E-state index contributed by atoms with van der Waals surface area (Å²) in [5.41, 5.74) is 1.02. The van der Waals surface area contributed by atoms with Gasteiger partial charge in [0.15, 0.2) is 0 Å². The molecular formula is C25H36N4O7S2. The summed E-state index contributed by atoms with van der Waals surface area (Å²) in [7, 11) is -7.56. The molecule has 11 nitrogen and oxygen atoms in total. The monoisotopic (exact) mass is 568 g/mol. The number of hydrogen-bond acceptors (Lipinski definition) is 8. The molecule has 0 aliphatic carbocycles. The fourth-order valence-corrected chi connectivity index (χ4v) is 6.56. The number of benzene rings is 2. The van der Waals surface area contributed by atoms with Crippen LogP contribution in [0.3, 0.4) is 0 Å². The molecule has 1 aliphatic heterocycles. The van der Waals surface area contributed by atoms with Gasteiger partial charge in [0, 0.05) is 39.1 Å². The van der Waals surface area contributed by atoms with E-state index in [1.807, 2.05) is 11.8 Å². The number of amides is 1. The van der Waals surface area contributed by atoms with Crippen LogP contribution in [0.1, 0.15) is 27.2 Å². The van der Waals surface area contributed by atoms with Crippen LogP contribution in [0.15, 0.2) is 52.3 Å². The first-order chi connectivity index (χ1) is 18.1. The van der Waals surface area contributed by atoms with Gasteiger partial charge in [0.05, 0.1) is 41.0 Å². The van der Waals surface area contributed by atoms with Crippen molar-refractivity contribution in [1.82, 2.24) is 9.03 Å².